The summed E-state index contributed by atoms with van der Waals surface area (Å²) in [6, 6.07) is 0. The summed E-state index contributed by atoms with van der Waals surface area (Å²) in [5.74, 6) is 0. The third-order valence-corrected chi connectivity index (χ3v) is 3.23. The lowest BCUT2D eigenvalue weighted by atomic mass is 10.1. The predicted octanol–water partition coefficient (Wildman–Crippen LogP) is 1.44. The van der Waals surface area contributed by atoms with E-state index in [1.54, 1.807) is 30.4 Å². The first-order valence-electron chi connectivity index (χ1n) is 7.60. The van der Waals surface area contributed by atoms with Crippen molar-refractivity contribution in [2.24, 2.45) is 0 Å². The molecule has 0 unspecified atom stereocenters. The third kappa shape index (κ3) is 4.12. The van der Waals surface area contributed by atoms with Gasteiger partial charge < -0.3 is 9.05 Å². The van der Waals surface area contributed by atoms with Crippen molar-refractivity contribution in [3.8, 4) is 0 Å². The Labute approximate surface area is 132 Å². The Bertz CT molecular complexity index is 919. The molecule has 0 saturated heterocycles. The van der Waals surface area contributed by atoms with Crippen molar-refractivity contribution in [1.29, 1.82) is 0 Å². The van der Waals surface area contributed by atoms with Crippen LogP contribution < -0.4 is 21.8 Å². The van der Waals surface area contributed by atoms with E-state index in [1.807, 2.05) is 19.9 Å². The van der Waals surface area contributed by atoms with Gasteiger partial charge in [0.15, 0.2) is 0 Å². The number of rotatable bonds is 6. The fraction of sp³-hybridized carbons (Fsp3) is 0.294. The van der Waals surface area contributed by atoms with Gasteiger partial charge in [0.1, 0.15) is 0 Å². The Morgan fingerprint density at radius 3 is 2.52 bits per heavy atom. The molecular weight excluding hydrogens is 296 g/mol. The van der Waals surface area contributed by atoms with Gasteiger partial charge in [0.25, 0.3) is 0 Å². The van der Waals surface area contributed by atoms with Gasteiger partial charge in [-0.1, -0.05) is 44.6 Å². The largest absolute Gasteiger partial charge is 0.365 e. The van der Waals surface area contributed by atoms with Crippen LogP contribution in [0.25, 0.3) is 18.2 Å². The summed E-state index contributed by atoms with van der Waals surface area (Å²) >= 11 is 0. The minimum atomic E-state index is -0.408. The van der Waals surface area contributed by atoms with Gasteiger partial charge in [-0.2, -0.15) is 0 Å². The van der Waals surface area contributed by atoms with Gasteiger partial charge in [0.05, 0.1) is 21.8 Å². The van der Waals surface area contributed by atoms with Crippen LogP contribution in [-0.2, 0) is 6.42 Å². The maximum atomic E-state index is 11.6. The minimum absolute atomic E-state index is 0.381. The highest BCUT2D eigenvalue weighted by Crippen LogP contribution is 2.06. The average Bonchev–Trinajstić information content (AvgIpc) is 3.05. The fourth-order valence-corrected chi connectivity index (χ4v) is 2.15. The van der Waals surface area contributed by atoms with Crippen molar-refractivity contribution >= 4 is 18.2 Å². The van der Waals surface area contributed by atoms with Gasteiger partial charge in [-0.3, -0.25) is 0 Å². The zero-order valence-electron chi connectivity index (χ0n) is 13.2. The monoisotopic (exact) mass is 316 g/mol. The zero-order valence-corrected chi connectivity index (χ0v) is 13.2. The summed E-state index contributed by atoms with van der Waals surface area (Å²) in [6.45, 7) is 4.00. The molecule has 2 aromatic rings. The average molecular weight is 316 g/mol. The van der Waals surface area contributed by atoms with Gasteiger partial charge in [-0.05, 0) is 25.0 Å². The van der Waals surface area contributed by atoms with Gasteiger partial charge in [0, 0.05) is 0 Å². The zero-order chi connectivity index (χ0) is 16.7. The lowest BCUT2D eigenvalue weighted by molar-refractivity contribution is 0.384. The van der Waals surface area contributed by atoms with E-state index < -0.39 is 5.63 Å². The predicted molar refractivity (Wildman–Crippen MR) is 89.3 cm³/mol. The molecule has 0 amide bonds. The van der Waals surface area contributed by atoms with E-state index >= 15 is 0 Å². The molecule has 0 aliphatic carbocycles. The second-order valence-corrected chi connectivity index (χ2v) is 4.98. The van der Waals surface area contributed by atoms with Crippen molar-refractivity contribution in [3.05, 3.63) is 60.9 Å². The summed E-state index contributed by atoms with van der Waals surface area (Å²) < 4.78 is 9.57. The van der Waals surface area contributed by atoms with Crippen LogP contribution in [0.2, 0.25) is 0 Å². The number of H-pyrrole nitrogens is 2. The first-order valence-corrected chi connectivity index (χ1v) is 7.60. The summed E-state index contributed by atoms with van der Waals surface area (Å²) in [4.78, 5) is 23.2. The van der Waals surface area contributed by atoms with E-state index in [0.717, 1.165) is 25.0 Å². The molecule has 2 N–H and O–H groups in total. The SMILES string of the molecule is CCC=c1[nH]oc(=O)c1=CC=CC=Cc1c(CCC)[nH]oc1=O. The number of nitrogens with one attached hydrogen (secondary N) is 2. The highest BCUT2D eigenvalue weighted by Gasteiger charge is 2.06. The fourth-order valence-electron chi connectivity index (χ4n) is 2.15. The smallest absolute Gasteiger partial charge is 0.338 e. The molecule has 0 fully saturated rings. The molecule has 2 aromatic heterocycles. The van der Waals surface area contributed by atoms with Crippen molar-refractivity contribution in [2.75, 3.05) is 0 Å². The summed E-state index contributed by atoms with van der Waals surface area (Å²) in [5, 5.41) is 6.36. The standard InChI is InChI=1S/C17H20N2O4/c1-3-8-14-12(16(20)22-18-14)10-6-5-7-11-13-15(9-4-2)19-23-17(13)21/h5-8,10-11,18-19H,3-4,9H2,1-2H3. The lowest BCUT2D eigenvalue weighted by Crippen LogP contribution is -2.32. The minimum Gasteiger partial charge on any atom is -0.338 e. The van der Waals surface area contributed by atoms with E-state index in [4.69, 9.17) is 9.05 Å². The van der Waals surface area contributed by atoms with Crippen LogP contribution in [0.4, 0.5) is 0 Å². The molecule has 6 nitrogen and oxygen atoms in total. The van der Waals surface area contributed by atoms with Crippen molar-refractivity contribution in [3.63, 3.8) is 0 Å². The molecule has 6 heteroatoms. The number of aromatic amines is 2. The van der Waals surface area contributed by atoms with E-state index in [2.05, 4.69) is 10.3 Å². The normalized spacial score (nSPS) is 13.8. The van der Waals surface area contributed by atoms with Crippen molar-refractivity contribution < 1.29 is 9.05 Å². The Hall–Kier alpha value is -2.76. The third-order valence-electron chi connectivity index (χ3n) is 3.23. The maximum Gasteiger partial charge on any atom is 0.365 e. The first-order chi connectivity index (χ1) is 11.2. The molecule has 2 heterocycles. The van der Waals surface area contributed by atoms with Crippen LogP contribution in [0, 0.1) is 0 Å². The van der Waals surface area contributed by atoms with Crippen LogP contribution in [0.1, 0.15) is 37.9 Å². The van der Waals surface area contributed by atoms with E-state index in [-0.39, 0.29) is 5.63 Å². The highest BCUT2D eigenvalue weighted by atomic mass is 16.5. The molecule has 0 aromatic carbocycles. The molecule has 0 aliphatic rings. The Balaban J connectivity index is 2.20. The number of hydrogen-bond acceptors (Lipinski definition) is 4. The van der Waals surface area contributed by atoms with Crippen LogP contribution in [-0.4, -0.2) is 10.3 Å². The molecule has 0 saturated carbocycles. The van der Waals surface area contributed by atoms with Crippen LogP contribution >= 0.6 is 0 Å². The van der Waals surface area contributed by atoms with E-state index in [1.165, 1.54) is 0 Å². The lowest BCUT2D eigenvalue weighted by Gasteiger charge is -1.91. The van der Waals surface area contributed by atoms with Gasteiger partial charge in [0.2, 0.25) is 0 Å². The van der Waals surface area contributed by atoms with Crippen LogP contribution in [0.3, 0.4) is 0 Å². The quantitative estimate of drug-likeness (QED) is 0.789. The molecule has 0 spiro atoms. The van der Waals surface area contributed by atoms with Crippen LogP contribution in [0.15, 0.2) is 36.9 Å². The summed E-state index contributed by atoms with van der Waals surface area (Å²) in [5.41, 5.74) is 0.526. The molecule has 0 aliphatic heterocycles. The van der Waals surface area contributed by atoms with Crippen molar-refractivity contribution in [2.45, 2.75) is 33.1 Å². The molecule has 2 rings (SSSR count). The van der Waals surface area contributed by atoms with E-state index in [0.29, 0.717) is 16.1 Å². The maximum absolute atomic E-state index is 11.6. The number of allylic oxidation sites excluding steroid dienone is 3. The van der Waals surface area contributed by atoms with Gasteiger partial charge in [-0.25, -0.2) is 19.9 Å². The molecule has 0 atom stereocenters. The molecule has 0 bridgehead atoms. The second-order valence-electron chi connectivity index (χ2n) is 4.98. The van der Waals surface area contributed by atoms with Crippen molar-refractivity contribution in [1.82, 2.24) is 10.3 Å². The Kier molecular flexibility index (Phi) is 5.80. The molecule has 23 heavy (non-hydrogen) atoms. The van der Waals surface area contributed by atoms with E-state index in [9.17, 15) is 9.59 Å². The number of hydrogen-bond donors (Lipinski definition) is 2. The van der Waals surface area contributed by atoms with Gasteiger partial charge >= 0.3 is 11.3 Å². The Morgan fingerprint density at radius 2 is 1.78 bits per heavy atom. The number of aromatic nitrogens is 2. The first kappa shape index (κ1) is 16.6. The van der Waals surface area contributed by atoms with Gasteiger partial charge in [-0.15, -0.1) is 0 Å². The van der Waals surface area contributed by atoms with Crippen LogP contribution in [0.5, 0.6) is 0 Å². The summed E-state index contributed by atoms with van der Waals surface area (Å²) in [7, 11) is 0. The molecular formula is C17H20N2O4. The highest BCUT2D eigenvalue weighted by molar-refractivity contribution is 5.53. The Morgan fingerprint density at radius 1 is 1.00 bits per heavy atom. The molecule has 122 valence electrons. The topological polar surface area (TPSA) is 92.0 Å². The molecule has 0 radical (unpaired) electrons. The number of aryl methyl sites for hydroxylation is 1. The summed E-state index contributed by atoms with van der Waals surface area (Å²) in [6.07, 6.45) is 12.9. The second kappa shape index (κ2) is 8.03.